The summed E-state index contributed by atoms with van der Waals surface area (Å²) < 4.78 is 17.1. The van der Waals surface area contributed by atoms with E-state index in [-0.39, 0.29) is 6.61 Å². The van der Waals surface area contributed by atoms with Crippen LogP contribution in [0.15, 0.2) is 42.5 Å². The van der Waals surface area contributed by atoms with E-state index in [0.29, 0.717) is 6.42 Å². The summed E-state index contributed by atoms with van der Waals surface area (Å²) in [7, 11) is 1.62. The maximum absolute atomic E-state index is 11.0. The van der Waals surface area contributed by atoms with Crippen molar-refractivity contribution in [3.8, 4) is 17.2 Å². The Morgan fingerprint density at radius 3 is 2.90 bits per heavy atom. The molecular weight excluding hydrogens is 268 g/mol. The van der Waals surface area contributed by atoms with Crippen molar-refractivity contribution in [3.63, 3.8) is 0 Å². The van der Waals surface area contributed by atoms with Crippen molar-refractivity contribution in [3.05, 3.63) is 53.6 Å². The van der Waals surface area contributed by atoms with Crippen LogP contribution in [0.5, 0.6) is 17.2 Å². The molecule has 2 atom stereocenters. The van der Waals surface area contributed by atoms with Gasteiger partial charge in [0.1, 0.15) is 29.5 Å². The summed E-state index contributed by atoms with van der Waals surface area (Å²) in [6.45, 7) is 0.228. The Balaban J connectivity index is 1.83. The topological polar surface area (TPSA) is 47.9 Å². The quantitative estimate of drug-likeness (QED) is 0.874. The molecule has 0 bridgehead atoms. The predicted octanol–water partition coefficient (Wildman–Crippen LogP) is 2.49. The van der Waals surface area contributed by atoms with Gasteiger partial charge < -0.3 is 19.3 Å². The highest BCUT2D eigenvalue weighted by Gasteiger charge is 2.48. The zero-order valence-electron chi connectivity index (χ0n) is 11.7. The average Bonchev–Trinajstić information content (AvgIpc) is 2.52. The van der Waals surface area contributed by atoms with Gasteiger partial charge in [0, 0.05) is 12.0 Å². The first kappa shape index (κ1) is 12.5. The van der Waals surface area contributed by atoms with Crippen molar-refractivity contribution in [2.45, 2.75) is 18.1 Å². The molecule has 0 spiro atoms. The summed E-state index contributed by atoms with van der Waals surface area (Å²) >= 11 is 0. The van der Waals surface area contributed by atoms with E-state index in [0.717, 1.165) is 28.4 Å². The van der Waals surface area contributed by atoms with Crippen molar-refractivity contribution in [2.24, 2.45) is 0 Å². The molecule has 4 rings (SSSR count). The fraction of sp³-hybridized carbons (Fsp3) is 0.294. The lowest BCUT2D eigenvalue weighted by Crippen LogP contribution is -2.51. The van der Waals surface area contributed by atoms with Crippen molar-refractivity contribution in [2.75, 3.05) is 13.7 Å². The molecule has 0 saturated carbocycles. The summed E-state index contributed by atoms with van der Waals surface area (Å²) in [6, 6.07) is 13.4. The van der Waals surface area contributed by atoms with Crippen LogP contribution in [-0.2, 0) is 6.42 Å². The van der Waals surface area contributed by atoms with E-state index < -0.39 is 11.7 Å². The molecule has 0 saturated heterocycles. The van der Waals surface area contributed by atoms with Gasteiger partial charge in [-0.1, -0.05) is 18.2 Å². The lowest BCUT2D eigenvalue weighted by molar-refractivity contribution is -0.113. The number of rotatable bonds is 1. The predicted molar refractivity (Wildman–Crippen MR) is 77.0 cm³/mol. The number of methoxy groups -OCH3 is 1. The van der Waals surface area contributed by atoms with Crippen LogP contribution in [0.1, 0.15) is 17.2 Å². The third-order valence-corrected chi connectivity index (χ3v) is 4.18. The van der Waals surface area contributed by atoms with Gasteiger partial charge >= 0.3 is 0 Å². The van der Waals surface area contributed by atoms with Crippen LogP contribution in [0.2, 0.25) is 0 Å². The summed E-state index contributed by atoms with van der Waals surface area (Å²) in [5.74, 6) is 2.29. The molecule has 108 valence electrons. The minimum Gasteiger partial charge on any atom is -0.497 e. The smallest absolute Gasteiger partial charge is 0.160 e. The SMILES string of the molecule is COc1ccc2c(c1)[C@H]1Oc3ccccc3C[C@]1(O)CO2. The third-order valence-electron chi connectivity index (χ3n) is 4.18. The Morgan fingerprint density at radius 2 is 2.05 bits per heavy atom. The molecule has 2 aliphatic rings. The van der Waals surface area contributed by atoms with Crippen LogP contribution in [-0.4, -0.2) is 24.4 Å². The molecule has 2 aromatic carbocycles. The lowest BCUT2D eigenvalue weighted by atomic mass is 9.81. The van der Waals surface area contributed by atoms with E-state index in [9.17, 15) is 5.11 Å². The van der Waals surface area contributed by atoms with Gasteiger partial charge in [0.25, 0.3) is 0 Å². The van der Waals surface area contributed by atoms with Gasteiger partial charge in [-0.15, -0.1) is 0 Å². The van der Waals surface area contributed by atoms with Gasteiger partial charge in [-0.05, 0) is 29.8 Å². The van der Waals surface area contributed by atoms with Crippen molar-refractivity contribution < 1.29 is 19.3 Å². The lowest BCUT2D eigenvalue weighted by Gasteiger charge is -2.44. The molecule has 4 heteroatoms. The first-order chi connectivity index (χ1) is 10.2. The van der Waals surface area contributed by atoms with E-state index >= 15 is 0 Å². The fourth-order valence-corrected chi connectivity index (χ4v) is 3.10. The number of hydrogen-bond acceptors (Lipinski definition) is 4. The third kappa shape index (κ3) is 1.87. The number of hydrogen-bond donors (Lipinski definition) is 1. The molecule has 0 fully saturated rings. The summed E-state index contributed by atoms with van der Waals surface area (Å²) in [5.41, 5.74) is 0.789. The molecule has 2 aromatic rings. The van der Waals surface area contributed by atoms with Gasteiger partial charge in [0.05, 0.1) is 7.11 Å². The number of aliphatic hydroxyl groups is 1. The molecule has 2 aliphatic heterocycles. The van der Waals surface area contributed by atoms with Crippen LogP contribution in [0.4, 0.5) is 0 Å². The highest BCUT2D eigenvalue weighted by Crippen LogP contribution is 2.47. The van der Waals surface area contributed by atoms with E-state index in [2.05, 4.69) is 0 Å². The minimum absolute atomic E-state index is 0.228. The average molecular weight is 284 g/mol. The molecule has 0 aromatic heterocycles. The zero-order chi connectivity index (χ0) is 14.4. The standard InChI is InChI=1S/C17H16O4/c1-19-12-6-7-15-13(8-12)16-17(18,10-20-15)9-11-4-2-3-5-14(11)21-16/h2-8,16,18H,9-10H2,1H3/t16-,17+/m1/s1. The summed E-state index contributed by atoms with van der Waals surface area (Å²) in [6.07, 6.45) is 0.0797. The van der Waals surface area contributed by atoms with Crippen molar-refractivity contribution in [1.82, 2.24) is 0 Å². The Morgan fingerprint density at radius 1 is 1.19 bits per heavy atom. The second-order valence-corrected chi connectivity index (χ2v) is 5.58. The first-order valence-corrected chi connectivity index (χ1v) is 6.97. The van der Waals surface area contributed by atoms with E-state index in [1.807, 2.05) is 42.5 Å². The molecule has 2 heterocycles. The Hall–Kier alpha value is -2.20. The number of benzene rings is 2. The molecule has 4 nitrogen and oxygen atoms in total. The minimum atomic E-state index is -1.05. The van der Waals surface area contributed by atoms with E-state index in [1.165, 1.54) is 0 Å². The molecule has 0 unspecified atom stereocenters. The van der Waals surface area contributed by atoms with Crippen LogP contribution in [0, 0.1) is 0 Å². The van der Waals surface area contributed by atoms with Crippen LogP contribution >= 0.6 is 0 Å². The second-order valence-electron chi connectivity index (χ2n) is 5.58. The van der Waals surface area contributed by atoms with E-state index in [1.54, 1.807) is 7.11 Å². The molecular formula is C17H16O4. The molecule has 1 N–H and O–H groups in total. The van der Waals surface area contributed by atoms with Gasteiger partial charge in [-0.25, -0.2) is 0 Å². The highest BCUT2D eigenvalue weighted by molar-refractivity contribution is 5.48. The monoisotopic (exact) mass is 284 g/mol. The largest absolute Gasteiger partial charge is 0.497 e. The second kappa shape index (κ2) is 4.40. The normalized spacial score (nSPS) is 25.7. The Labute approximate surface area is 122 Å². The van der Waals surface area contributed by atoms with Crippen molar-refractivity contribution in [1.29, 1.82) is 0 Å². The van der Waals surface area contributed by atoms with Crippen LogP contribution in [0.25, 0.3) is 0 Å². The maximum atomic E-state index is 11.0. The first-order valence-electron chi connectivity index (χ1n) is 6.97. The molecule has 0 amide bonds. The molecule has 0 aliphatic carbocycles. The number of para-hydroxylation sites is 1. The van der Waals surface area contributed by atoms with Gasteiger partial charge in [-0.3, -0.25) is 0 Å². The maximum Gasteiger partial charge on any atom is 0.160 e. The Kier molecular flexibility index (Phi) is 2.62. The Bertz CT molecular complexity index is 697. The summed E-state index contributed by atoms with van der Waals surface area (Å²) in [4.78, 5) is 0. The number of ether oxygens (including phenoxy) is 3. The highest BCUT2D eigenvalue weighted by atomic mass is 16.5. The van der Waals surface area contributed by atoms with Gasteiger partial charge in [0.15, 0.2) is 6.10 Å². The van der Waals surface area contributed by atoms with Crippen molar-refractivity contribution >= 4 is 0 Å². The number of fused-ring (bicyclic) bond motifs is 4. The molecule has 21 heavy (non-hydrogen) atoms. The zero-order valence-corrected chi connectivity index (χ0v) is 11.7. The van der Waals surface area contributed by atoms with Crippen LogP contribution in [0.3, 0.4) is 0 Å². The van der Waals surface area contributed by atoms with E-state index in [4.69, 9.17) is 14.2 Å². The summed E-state index contributed by atoms with van der Waals surface area (Å²) in [5, 5.41) is 11.0. The molecule has 0 radical (unpaired) electrons. The fourth-order valence-electron chi connectivity index (χ4n) is 3.10. The van der Waals surface area contributed by atoms with Gasteiger partial charge in [0.2, 0.25) is 0 Å². The van der Waals surface area contributed by atoms with Crippen LogP contribution < -0.4 is 14.2 Å². The van der Waals surface area contributed by atoms with Gasteiger partial charge in [-0.2, -0.15) is 0 Å².